The van der Waals surface area contributed by atoms with Gasteiger partial charge in [-0.15, -0.1) is 10.2 Å². The second-order valence-corrected chi connectivity index (χ2v) is 6.25. The topological polar surface area (TPSA) is 51.5 Å². The predicted molar refractivity (Wildman–Crippen MR) is 103 cm³/mol. The van der Waals surface area contributed by atoms with Crippen LogP contribution < -0.4 is 10.1 Å². The van der Waals surface area contributed by atoms with Crippen LogP contribution in [0.4, 0.5) is 10.2 Å². The van der Waals surface area contributed by atoms with E-state index in [-0.39, 0.29) is 12.4 Å². The Bertz CT molecular complexity index is 1110. The maximum Gasteiger partial charge on any atom is 0.170 e. The highest BCUT2D eigenvalue weighted by atomic mass is 19.1. The minimum atomic E-state index is -0.307. The van der Waals surface area contributed by atoms with Gasteiger partial charge in [0, 0.05) is 17.7 Å². The van der Waals surface area contributed by atoms with Gasteiger partial charge in [0.1, 0.15) is 23.7 Å². The molecule has 0 radical (unpaired) electrons. The van der Waals surface area contributed by atoms with Gasteiger partial charge in [0.05, 0.1) is 7.11 Å². The van der Waals surface area contributed by atoms with Crippen molar-refractivity contribution in [1.29, 1.82) is 0 Å². The summed E-state index contributed by atoms with van der Waals surface area (Å²) in [5.74, 6) is 0.982. The summed E-state index contributed by atoms with van der Waals surface area (Å²) in [4.78, 5) is 0. The van der Waals surface area contributed by atoms with Crippen LogP contribution in [0.25, 0.3) is 16.8 Å². The number of benzene rings is 2. The molecule has 0 aliphatic rings. The fraction of sp³-hybridized carbons (Fsp3) is 0.143. The molecule has 136 valence electrons. The third-order valence-electron chi connectivity index (χ3n) is 4.63. The number of methoxy groups -OCH3 is 1. The first-order valence-electron chi connectivity index (χ1n) is 8.63. The molecule has 0 fully saturated rings. The second-order valence-electron chi connectivity index (χ2n) is 6.25. The third kappa shape index (κ3) is 3.10. The molecule has 0 aliphatic heterocycles. The van der Waals surface area contributed by atoms with Gasteiger partial charge in [-0.25, -0.2) is 4.39 Å². The van der Waals surface area contributed by atoms with Crippen LogP contribution in [0.3, 0.4) is 0 Å². The fourth-order valence-corrected chi connectivity index (χ4v) is 3.22. The molecule has 0 spiro atoms. The first-order chi connectivity index (χ1) is 13.2. The number of ether oxygens (including phenoxy) is 1. The molecular weight excluding hydrogens is 343 g/mol. The lowest BCUT2D eigenvalue weighted by atomic mass is 10.0. The Hall–Kier alpha value is -3.41. The van der Waals surface area contributed by atoms with Gasteiger partial charge < -0.3 is 10.1 Å². The molecule has 4 aromatic rings. The molecule has 5 nitrogen and oxygen atoms in total. The number of hydrogen-bond donors (Lipinski definition) is 1. The number of pyridine rings is 1. The smallest absolute Gasteiger partial charge is 0.170 e. The van der Waals surface area contributed by atoms with E-state index < -0.39 is 0 Å². The minimum absolute atomic E-state index is 0.285. The van der Waals surface area contributed by atoms with Crippen LogP contribution in [0.1, 0.15) is 11.1 Å². The van der Waals surface area contributed by atoms with Gasteiger partial charge in [-0.05, 0) is 42.3 Å². The molecular formula is C21H19FN4O. The molecule has 2 heterocycles. The fourth-order valence-electron chi connectivity index (χ4n) is 3.22. The van der Waals surface area contributed by atoms with Gasteiger partial charge >= 0.3 is 0 Å². The van der Waals surface area contributed by atoms with Crippen molar-refractivity contribution in [1.82, 2.24) is 14.6 Å². The predicted octanol–water partition coefficient (Wildman–Crippen LogP) is 4.46. The number of hydrogen-bond acceptors (Lipinski definition) is 4. The van der Waals surface area contributed by atoms with Gasteiger partial charge in [0.2, 0.25) is 0 Å². The zero-order valence-electron chi connectivity index (χ0n) is 15.1. The summed E-state index contributed by atoms with van der Waals surface area (Å²) in [6.45, 7) is 2.35. The van der Waals surface area contributed by atoms with E-state index in [1.165, 1.54) is 18.7 Å². The van der Waals surface area contributed by atoms with Crippen LogP contribution in [0.2, 0.25) is 0 Å². The quantitative estimate of drug-likeness (QED) is 0.569. The maximum atomic E-state index is 14.2. The molecule has 0 saturated carbocycles. The maximum absolute atomic E-state index is 14.2. The highest BCUT2D eigenvalue weighted by Crippen LogP contribution is 2.29. The number of anilines is 1. The Morgan fingerprint density at radius 2 is 1.89 bits per heavy atom. The Morgan fingerprint density at radius 1 is 1.04 bits per heavy atom. The van der Waals surface area contributed by atoms with Gasteiger partial charge in [-0.2, -0.15) is 0 Å². The molecule has 0 unspecified atom stereocenters. The van der Waals surface area contributed by atoms with E-state index in [2.05, 4.69) is 34.6 Å². The highest BCUT2D eigenvalue weighted by Gasteiger charge is 2.13. The third-order valence-corrected chi connectivity index (χ3v) is 4.63. The van der Waals surface area contributed by atoms with E-state index in [1.54, 1.807) is 18.5 Å². The molecule has 0 atom stereocenters. The number of rotatable bonds is 5. The summed E-state index contributed by atoms with van der Waals surface area (Å²) in [6.07, 6.45) is 1.65. The summed E-state index contributed by atoms with van der Waals surface area (Å²) in [6, 6.07) is 16.9. The minimum Gasteiger partial charge on any atom is -0.496 e. The van der Waals surface area contributed by atoms with E-state index >= 15 is 0 Å². The summed E-state index contributed by atoms with van der Waals surface area (Å²) in [5, 5.41) is 11.6. The molecule has 2 aromatic heterocycles. The van der Waals surface area contributed by atoms with Gasteiger partial charge in [-0.3, -0.25) is 4.40 Å². The largest absolute Gasteiger partial charge is 0.496 e. The van der Waals surface area contributed by atoms with Gasteiger partial charge in [-0.1, -0.05) is 30.3 Å². The van der Waals surface area contributed by atoms with Crippen LogP contribution in [0, 0.1) is 12.7 Å². The molecule has 0 amide bonds. The van der Waals surface area contributed by atoms with Crippen molar-refractivity contribution in [3.63, 3.8) is 0 Å². The second kappa shape index (κ2) is 7.07. The normalized spacial score (nSPS) is 10.9. The molecule has 0 aliphatic carbocycles. The van der Waals surface area contributed by atoms with Crippen molar-refractivity contribution in [2.45, 2.75) is 13.5 Å². The Morgan fingerprint density at radius 3 is 2.70 bits per heavy atom. The van der Waals surface area contributed by atoms with Gasteiger partial charge in [0.15, 0.2) is 5.65 Å². The molecule has 27 heavy (non-hydrogen) atoms. The first-order valence-corrected chi connectivity index (χ1v) is 8.63. The zero-order valence-corrected chi connectivity index (χ0v) is 15.1. The molecule has 6 heteroatoms. The van der Waals surface area contributed by atoms with Crippen molar-refractivity contribution in [2.24, 2.45) is 0 Å². The lowest BCUT2D eigenvalue weighted by Crippen LogP contribution is -2.07. The van der Waals surface area contributed by atoms with E-state index in [1.807, 2.05) is 28.7 Å². The SMILES string of the molecule is COc1cccc(F)c1CNc1ccc(-c2ccccc2C)c2nncn12. The van der Waals surface area contributed by atoms with E-state index in [4.69, 9.17) is 4.74 Å². The van der Waals surface area contributed by atoms with Crippen molar-refractivity contribution in [3.05, 3.63) is 77.9 Å². The molecule has 0 saturated heterocycles. The molecule has 2 aromatic carbocycles. The van der Waals surface area contributed by atoms with E-state index in [9.17, 15) is 4.39 Å². The molecule has 4 rings (SSSR count). The average molecular weight is 362 g/mol. The van der Waals surface area contributed by atoms with Crippen LogP contribution in [0.5, 0.6) is 5.75 Å². The summed E-state index contributed by atoms with van der Waals surface area (Å²) < 4.78 is 21.3. The number of aromatic nitrogens is 3. The Kier molecular flexibility index (Phi) is 4.46. The molecule has 1 N–H and O–H groups in total. The Balaban J connectivity index is 1.70. The monoisotopic (exact) mass is 362 g/mol. The van der Waals surface area contributed by atoms with Crippen molar-refractivity contribution < 1.29 is 9.13 Å². The standard InChI is InChI=1S/C21H19FN4O/c1-14-6-3-4-7-15(14)16-10-11-20(26-13-24-25-21(16)26)23-12-17-18(22)8-5-9-19(17)27-2/h3-11,13,23H,12H2,1-2H3. The van der Waals surface area contributed by atoms with E-state index in [0.717, 1.165) is 22.6 Å². The molecule has 0 bridgehead atoms. The summed E-state index contributed by atoms with van der Waals surface area (Å²) in [7, 11) is 1.53. The first kappa shape index (κ1) is 17.0. The highest BCUT2D eigenvalue weighted by molar-refractivity contribution is 5.80. The number of aryl methyl sites for hydroxylation is 1. The average Bonchev–Trinajstić information content (AvgIpc) is 3.17. The van der Waals surface area contributed by atoms with Crippen LogP contribution in [-0.4, -0.2) is 21.7 Å². The lowest BCUT2D eigenvalue weighted by Gasteiger charge is -2.14. The van der Waals surface area contributed by atoms with Crippen molar-refractivity contribution >= 4 is 11.5 Å². The lowest BCUT2D eigenvalue weighted by molar-refractivity contribution is 0.405. The Labute approximate surface area is 156 Å². The summed E-state index contributed by atoms with van der Waals surface area (Å²) >= 11 is 0. The zero-order chi connectivity index (χ0) is 18.8. The summed E-state index contributed by atoms with van der Waals surface area (Å²) in [5.41, 5.74) is 4.50. The number of fused-ring (bicyclic) bond motifs is 1. The van der Waals surface area contributed by atoms with Crippen LogP contribution in [0.15, 0.2) is 60.9 Å². The van der Waals surface area contributed by atoms with Gasteiger partial charge in [0.25, 0.3) is 0 Å². The van der Waals surface area contributed by atoms with Crippen LogP contribution >= 0.6 is 0 Å². The number of nitrogens with zero attached hydrogens (tertiary/aromatic N) is 3. The van der Waals surface area contributed by atoms with Crippen molar-refractivity contribution in [3.8, 4) is 16.9 Å². The van der Waals surface area contributed by atoms with E-state index in [0.29, 0.717) is 11.3 Å². The van der Waals surface area contributed by atoms with Crippen LogP contribution in [-0.2, 0) is 6.54 Å². The number of nitrogens with one attached hydrogen (secondary N) is 1. The van der Waals surface area contributed by atoms with Crippen molar-refractivity contribution in [2.75, 3.05) is 12.4 Å². The number of halogens is 1.